The van der Waals surface area contributed by atoms with Crippen molar-refractivity contribution >= 4 is 24.9 Å². The molecule has 0 aromatic heterocycles. The van der Waals surface area contributed by atoms with Crippen LogP contribution < -0.4 is 5.46 Å². The molecule has 0 fully saturated rings. The van der Waals surface area contributed by atoms with Crippen LogP contribution in [0.3, 0.4) is 0 Å². The third-order valence-electron chi connectivity index (χ3n) is 2.63. The molecule has 0 aliphatic heterocycles. The van der Waals surface area contributed by atoms with E-state index in [-0.39, 0.29) is 0 Å². The third kappa shape index (κ3) is 2.08. The number of alkyl halides is 1. The zero-order valence-corrected chi connectivity index (χ0v) is 9.41. The summed E-state index contributed by atoms with van der Waals surface area (Å²) in [6.45, 7) is 4.37. The van der Waals surface area contributed by atoms with Gasteiger partial charge in [0.25, 0.3) is 0 Å². The van der Waals surface area contributed by atoms with Gasteiger partial charge in [-0.3, -0.25) is 0 Å². The monoisotopic (exact) mass is 194 g/mol. The van der Waals surface area contributed by atoms with Crippen LogP contribution in [0, 0.1) is 0 Å². The van der Waals surface area contributed by atoms with Crippen LogP contribution >= 0.6 is 11.6 Å². The first kappa shape index (κ1) is 10.7. The average Bonchev–Trinajstić information content (AvgIpc) is 2.17. The Kier molecular flexibility index (Phi) is 3.86. The zero-order chi connectivity index (χ0) is 9.84. The van der Waals surface area contributed by atoms with Crippen molar-refractivity contribution in [1.29, 1.82) is 0 Å². The molecule has 0 atom stereocenters. The first-order valence-electron chi connectivity index (χ1n) is 4.90. The molecule has 1 rings (SSSR count). The van der Waals surface area contributed by atoms with Crippen LogP contribution in [0.2, 0.25) is 0 Å². The number of benzene rings is 1. The quantitative estimate of drug-likeness (QED) is 0.509. The van der Waals surface area contributed by atoms with Gasteiger partial charge in [0.05, 0.1) is 0 Å². The lowest BCUT2D eigenvalue weighted by Gasteiger charge is -2.13. The second kappa shape index (κ2) is 4.71. The fourth-order valence-electron chi connectivity index (χ4n) is 1.85. The van der Waals surface area contributed by atoms with Gasteiger partial charge in [0.2, 0.25) is 0 Å². The minimum atomic E-state index is 0.647. The van der Waals surface area contributed by atoms with Crippen LogP contribution in [-0.4, -0.2) is 7.85 Å². The van der Waals surface area contributed by atoms with Gasteiger partial charge in [-0.15, -0.1) is 11.6 Å². The number of aryl methyl sites for hydroxylation is 1. The molecule has 0 aliphatic carbocycles. The van der Waals surface area contributed by atoms with Crippen molar-refractivity contribution in [2.45, 2.75) is 32.6 Å². The van der Waals surface area contributed by atoms with E-state index in [9.17, 15) is 0 Å². The second-order valence-electron chi connectivity index (χ2n) is 3.34. The standard InChI is InChI=1S/C11H16BCl/c1-3-8-5-6-11(12)9(4-2)10(8)7-13/h5-6H,3-4,7,12H2,1-2H3. The molecule has 0 N–H and O–H groups in total. The summed E-state index contributed by atoms with van der Waals surface area (Å²) in [5, 5.41) is 0. The van der Waals surface area contributed by atoms with Crippen LogP contribution in [0.4, 0.5) is 0 Å². The van der Waals surface area contributed by atoms with E-state index < -0.39 is 0 Å². The van der Waals surface area contributed by atoms with Crippen molar-refractivity contribution in [3.05, 3.63) is 28.8 Å². The molecule has 13 heavy (non-hydrogen) atoms. The second-order valence-corrected chi connectivity index (χ2v) is 3.61. The topological polar surface area (TPSA) is 0 Å². The molecule has 0 spiro atoms. The Hall–Kier alpha value is -0.425. The minimum absolute atomic E-state index is 0.647. The van der Waals surface area contributed by atoms with Gasteiger partial charge < -0.3 is 0 Å². The third-order valence-corrected chi connectivity index (χ3v) is 2.90. The van der Waals surface area contributed by atoms with E-state index in [0.29, 0.717) is 5.88 Å². The van der Waals surface area contributed by atoms with Gasteiger partial charge in [-0.2, -0.15) is 0 Å². The van der Waals surface area contributed by atoms with Crippen LogP contribution in [0.15, 0.2) is 12.1 Å². The van der Waals surface area contributed by atoms with Gasteiger partial charge in [0.1, 0.15) is 7.85 Å². The van der Waals surface area contributed by atoms with E-state index in [4.69, 9.17) is 11.6 Å². The average molecular weight is 195 g/mol. The van der Waals surface area contributed by atoms with Crippen LogP contribution in [0.25, 0.3) is 0 Å². The number of rotatable bonds is 3. The van der Waals surface area contributed by atoms with E-state index in [1.165, 1.54) is 22.2 Å². The molecule has 0 heterocycles. The highest BCUT2D eigenvalue weighted by molar-refractivity contribution is 6.33. The maximum absolute atomic E-state index is 5.97. The number of halogens is 1. The predicted molar refractivity (Wildman–Crippen MR) is 62.9 cm³/mol. The van der Waals surface area contributed by atoms with E-state index in [0.717, 1.165) is 12.8 Å². The molecule has 1 aromatic carbocycles. The molecular weight excluding hydrogens is 178 g/mol. The summed E-state index contributed by atoms with van der Waals surface area (Å²) in [6.07, 6.45) is 2.16. The highest BCUT2D eigenvalue weighted by Gasteiger charge is 2.06. The Morgan fingerprint density at radius 2 is 1.85 bits per heavy atom. The van der Waals surface area contributed by atoms with Crippen molar-refractivity contribution in [3.63, 3.8) is 0 Å². The summed E-state index contributed by atoms with van der Waals surface area (Å²) in [6, 6.07) is 4.40. The van der Waals surface area contributed by atoms with E-state index in [1.54, 1.807) is 0 Å². The summed E-state index contributed by atoms with van der Waals surface area (Å²) >= 11 is 5.97. The highest BCUT2D eigenvalue weighted by atomic mass is 35.5. The number of hydrogen-bond donors (Lipinski definition) is 0. The minimum Gasteiger partial charge on any atom is -0.122 e. The van der Waals surface area contributed by atoms with Crippen molar-refractivity contribution in [1.82, 2.24) is 0 Å². The largest absolute Gasteiger partial charge is 0.139 e. The number of hydrogen-bond acceptors (Lipinski definition) is 0. The maximum atomic E-state index is 5.97. The van der Waals surface area contributed by atoms with Gasteiger partial charge in [-0.05, 0) is 29.5 Å². The molecule has 0 saturated carbocycles. The molecule has 1 aromatic rings. The van der Waals surface area contributed by atoms with Crippen LogP contribution in [-0.2, 0) is 18.7 Å². The van der Waals surface area contributed by atoms with Gasteiger partial charge >= 0.3 is 0 Å². The normalized spacial score (nSPS) is 10.4. The van der Waals surface area contributed by atoms with Crippen LogP contribution in [0.5, 0.6) is 0 Å². The molecule has 0 bridgehead atoms. The van der Waals surface area contributed by atoms with Gasteiger partial charge in [0.15, 0.2) is 0 Å². The first-order valence-corrected chi connectivity index (χ1v) is 5.44. The Morgan fingerprint density at radius 3 is 2.31 bits per heavy atom. The van der Waals surface area contributed by atoms with E-state index in [2.05, 4.69) is 33.8 Å². The van der Waals surface area contributed by atoms with Crippen molar-refractivity contribution in [3.8, 4) is 0 Å². The Bertz CT molecular complexity index is 294. The molecule has 0 aliphatic rings. The fraction of sp³-hybridized carbons (Fsp3) is 0.455. The van der Waals surface area contributed by atoms with Crippen molar-refractivity contribution in [2.24, 2.45) is 0 Å². The summed E-state index contributed by atoms with van der Waals surface area (Å²) in [4.78, 5) is 0. The molecule has 0 radical (unpaired) electrons. The summed E-state index contributed by atoms with van der Waals surface area (Å²) in [5.41, 5.74) is 5.56. The van der Waals surface area contributed by atoms with Crippen molar-refractivity contribution < 1.29 is 0 Å². The molecular formula is C11H16BCl. The summed E-state index contributed by atoms with van der Waals surface area (Å²) < 4.78 is 0. The van der Waals surface area contributed by atoms with Gasteiger partial charge in [-0.25, -0.2) is 0 Å². The molecule has 2 heteroatoms. The summed E-state index contributed by atoms with van der Waals surface area (Å²) in [5.74, 6) is 0.647. The Morgan fingerprint density at radius 1 is 1.15 bits per heavy atom. The van der Waals surface area contributed by atoms with Crippen molar-refractivity contribution in [2.75, 3.05) is 0 Å². The van der Waals surface area contributed by atoms with E-state index >= 15 is 0 Å². The molecule has 0 nitrogen and oxygen atoms in total. The Balaban J connectivity index is 3.27. The fourth-order valence-corrected chi connectivity index (χ4v) is 2.18. The van der Waals surface area contributed by atoms with Gasteiger partial charge in [0, 0.05) is 5.88 Å². The smallest absolute Gasteiger partial charge is 0.122 e. The molecule has 0 saturated heterocycles. The van der Waals surface area contributed by atoms with Gasteiger partial charge in [-0.1, -0.05) is 31.4 Å². The molecule has 0 unspecified atom stereocenters. The zero-order valence-electron chi connectivity index (χ0n) is 8.65. The molecule has 70 valence electrons. The lowest BCUT2D eigenvalue weighted by molar-refractivity contribution is 1.04. The first-order chi connectivity index (χ1) is 6.24. The lowest BCUT2D eigenvalue weighted by atomic mass is 9.84. The lowest BCUT2D eigenvalue weighted by Crippen LogP contribution is -2.14. The summed E-state index contributed by atoms with van der Waals surface area (Å²) in [7, 11) is 2.16. The highest BCUT2D eigenvalue weighted by Crippen LogP contribution is 2.16. The SMILES string of the molecule is Bc1ccc(CC)c(CCl)c1CC. The van der Waals surface area contributed by atoms with Crippen LogP contribution in [0.1, 0.15) is 30.5 Å². The van der Waals surface area contributed by atoms with E-state index in [1.807, 2.05) is 0 Å². The maximum Gasteiger partial charge on any atom is 0.139 e. The predicted octanol–water partition coefficient (Wildman–Crippen LogP) is 1.81. The molecule has 0 amide bonds. The Labute approximate surface area is 86.7 Å².